The molecule has 17 heavy (non-hydrogen) atoms. The van der Waals surface area contributed by atoms with Gasteiger partial charge in [0.25, 0.3) is 0 Å². The van der Waals surface area contributed by atoms with Crippen LogP contribution in [0.15, 0.2) is 36.8 Å². The number of hydrogen-bond donors (Lipinski definition) is 0. The van der Waals surface area contributed by atoms with Crippen LogP contribution in [0.3, 0.4) is 0 Å². The van der Waals surface area contributed by atoms with Gasteiger partial charge in [0, 0.05) is 22.7 Å². The summed E-state index contributed by atoms with van der Waals surface area (Å²) in [6.07, 6.45) is 5.84. The van der Waals surface area contributed by atoms with Gasteiger partial charge in [-0.2, -0.15) is 0 Å². The van der Waals surface area contributed by atoms with E-state index in [1.807, 2.05) is 6.20 Å². The normalized spacial score (nSPS) is 15.4. The van der Waals surface area contributed by atoms with Gasteiger partial charge < -0.3 is 0 Å². The van der Waals surface area contributed by atoms with Crippen LogP contribution in [0.25, 0.3) is 11.3 Å². The van der Waals surface area contributed by atoms with E-state index >= 15 is 0 Å². The molecule has 0 spiro atoms. The molecule has 1 aliphatic rings. The molecule has 1 aromatic heterocycles. The van der Waals surface area contributed by atoms with Gasteiger partial charge in [-0.1, -0.05) is 38.1 Å². The summed E-state index contributed by atoms with van der Waals surface area (Å²) in [6, 6.07) is 8.63. The Labute approximate surface area is 102 Å². The van der Waals surface area contributed by atoms with Crippen LogP contribution in [0.4, 0.5) is 0 Å². The van der Waals surface area contributed by atoms with Crippen molar-refractivity contribution in [2.45, 2.75) is 32.1 Å². The molecule has 0 radical (unpaired) electrons. The topological polar surface area (TPSA) is 25.8 Å². The number of nitrogens with zero attached hydrogens (tertiary/aromatic N) is 2. The molecule has 0 atom stereocenters. The van der Waals surface area contributed by atoms with E-state index in [4.69, 9.17) is 0 Å². The molecule has 2 aromatic rings. The second kappa shape index (κ2) is 3.66. The SMILES string of the molecule is CCC1(CC)c2ccccc2-c2ncncc21. The molecule has 1 aromatic carbocycles. The van der Waals surface area contributed by atoms with Crippen molar-refractivity contribution in [1.29, 1.82) is 0 Å². The molecule has 0 saturated carbocycles. The molecule has 0 N–H and O–H groups in total. The molecule has 1 heterocycles. The Hall–Kier alpha value is -1.70. The summed E-state index contributed by atoms with van der Waals surface area (Å²) >= 11 is 0. The first kappa shape index (κ1) is 10.5. The summed E-state index contributed by atoms with van der Waals surface area (Å²) in [5, 5.41) is 0. The van der Waals surface area contributed by atoms with E-state index in [0.29, 0.717) is 0 Å². The largest absolute Gasteiger partial charge is 0.244 e. The molecule has 0 unspecified atom stereocenters. The smallest absolute Gasteiger partial charge is 0.116 e. The molecule has 0 fully saturated rings. The van der Waals surface area contributed by atoms with Crippen LogP contribution in [0.5, 0.6) is 0 Å². The molecule has 1 aliphatic carbocycles. The van der Waals surface area contributed by atoms with Crippen molar-refractivity contribution < 1.29 is 0 Å². The Morgan fingerprint density at radius 3 is 2.59 bits per heavy atom. The fourth-order valence-electron chi connectivity index (χ4n) is 3.16. The lowest BCUT2D eigenvalue weighted by Crippen LogP contribution is -2.23. The van der Waals surface area contributed by atoms with Crippen molar-refractivity contribution >= 4 is 0 Å². The predicted molar refractivity (Wildman–Crippen MR) is 68.8 cm³/mol. The van der Waals surface area contributed by atoms with Crippen LogP contribution in [-0.2, 0) is 5.41 Å². The summed E-state index contributed by atoms with van der Waals surface area (Å²) in [5.41, 5.74) is 5.24. The summed E-state index contributed by atoms with van der Waals surface area (Å²) in [6.45, 7) is 4.50. The highest BCUT2D eigenvalue weighted by Gasteiger charge is 2.41. The molecule has 86 valence electrons. The van der Waals surface area contributed by atoms with Gasteiger partial charge in [-0.25, -0.2) is 9.97 Å². The molecule has 0 bridgehead atoms. The number of aromatic nitrogens is 2. The van der Waals surface area contributed by atoms with Crippen molar-refractivity contribution in [3.8, 4) is 11.3 Å². The van der Waals surface area contributed by atoms with Crippen LogP contribution in [0.2, 0.25) is 0 Å². The zero-order valence-electron chi connectivity index (χ0n) is 10.3. The molecule has 0 amide bonds. The van der Waals surface area contributed by atoms with Crippen molar-refractivity contribution in [3.05, 3.63) is 47.9 Å². The van der Waals surface area contributed by atoms with E-state index in [1.165, 1.54) is 16.7 Å². The van der Waals surface area contributed by atoms with Crippen molar-refractivity contribution in [2.75, 3.05) is 0 Å². The van der Waals surface area contributed by atoms with Crippen LogP contribution >= 0.6 is 0 Å². The van der Waals surface area contributed by atoms with Crippen LogP contribution in [0, 0.1) is 0 Å². The highest BCUT2D eigenvalue weighted by atomic mass is 14.8. The molecular weight excluding hydrogens is 208 g/mol. The van der Waals surface area contributed by atoms with Crippen molar-refractivity contribution in [1.82, 2.24) is 9.97 Å². The fourth-order valence-corrected chi connectivity index (χ4v) is 3.16. The zero-order valence-corrected chi connectivity index (χ0v) is 10.3. The van der Waals surface area contributed by atoms with Gasteiger partial charge in [0.1, 0.15) is 6.33 Å². The van der Waals surface area contributed by atoms with Gasteiger partial charge >= 0.3 is 0 Å². The lowest BCUT2D eigenvalue weighted by atomic mass is 9.74. The van der Waals surface area contributed by atoms with Crippen LogP contribution < -0.4 is 0 Å². The van der Waals surface area contributed by atoms with Crippen molar-refractivity contribution in [2.24, 2.45) is 0 Å². The van der Waals surface area contributed by atoms with E-state index < -0.39 is 0 Å². The first-order valence-electron chi connectivity index (χ1n) is 6.24. The monoisotopic (exact) mass is 224 g/mol. The lowest BCUT2D eigenvalue weighted by molar-refractivity contribution is 0.488. The molecule has 2 nitrogen and oxygen atoms in total. The maximum Gasteiger partial charge on any atom is 0.116 e. The van der Waals surface area contributed by atoms with Gasteiger partial charge in [-0.05, 0) is 18.4 Å². The standard InChI is InChI=1S/C15H16N2/c1-3-15(4-2)12-8-6-5-7-11(12)14-13(15)9-16-10-17-14/h5-10H,3-4H2,1-2H3. The van der Waals surface area contributed by atoms with Gasteiger partial charge in [0.2, 0.25) is 0 Å². The highest BCUT2D eigenvalue weighted by molar-refractivity contribution is 5.77. The number of rotatable bonds is 2. The lowest BCUT2D eigenvalue weighted by Gasteiger charge is -2.28. The van der Waals surface area contributed by atoms with E-state index in [2.05, 4.69) is 48.1 Å². The Morgan fingerprint density at radius 1 is 1.06 bits per heavy atom. The summed E-state index contributed by atoms with van der Waals surface area (Å²) in [5.74, 6) is 0. The summed E-state index contributed by atoms with van der Waals surface area (Å²) in [7, 11) is 0. The summed E-state index contributed by atoms with van der Waals surface area (Å²) in [4.78, 5) is 8.70. The third-order valence-corrected chi connectivity index (χ3v) is 4.13. The number of benzene rings is 1. The van der Waals surface area contributed by atoms with Gasteiger partial charge in [-0.15, -0.1) is 0 Å². The minimum Gasteiger partial charge on any atom is -0.244 e. The minimum absolute atomic E-state index is 0.118. The van der Waals surface area contributed by atoms with Gasteiger partial charge in [0.15, 0.2) is 0 Å². The Bertz CT molecular complexity index is 509. The van der Waals surface area contributed by atoms with Gasteiger partial charge in [-0.3, -0.25) is 0 Å². The Kier molecular flexibility index (Phi) is 2.25. The highest BCUT2D eigenvalue weighted by Crippen LogP contribution is 2.51. The minimum atomic E-state index is 0.118. The molecular formula is C15H16N2. The second-order valence-corrected chi connectivity index (χ2v) is 4.62. The third-order valence-electron chi connectivity index (χ3n) is 4.13. The quantitative estimate of drug-likeness (QED) is 0.779. The molecule has 0 aliphatic heterocycles. The number of hydrogen-bond acceptors (Lipinski definition) is 2. The second-order valence-electron chi connectivity index (χ2n) is 4.62. The average Bonchev–Trinajstić information content (AvgIpc) is 2.70. The maximum atomic E-state index is 4.48. The predicted octanol–water partition coefficient (Wildman–Crippen LogP) is 3.56. The fraction of sp³-hybridized carbons (Fsp3) is 0.333. The molecule has 0 saturated heterocycles. The maximum absolute atomic E-state index is 4.48. The van der Waals surface area contributed by atoms with E-state index in [-0.39, 0.29) is 5.41 Å². The molecule has 3 rings (SSSR count). The zero-order chi connectivity index (χ0) is 11.9. The first-order valence-corrected chi connectivity index (χ1v) is 6.24. The Morgan fingerprint density at radius 2 is 1.82 bits per heavy atom. The van der Waals surface area contributed by atoms with Crippen LogP contribution in [-0.4, -0.2) is 9.97 Å². The number of fused-ring (bicyclic) bond motifs is 3. The van der Waals surface area contributed by atoms with E-state index in [9.17, 15) is 0 Å². The average molecular weight is 224 g/mol. The van der Waals surface area contributed by atoms with E-state index in [1.54, 1.807) is 6.33 Å². The summed E-state index contributed by atoms with van der Waals surface area (Å²) < 4.78 is 0. The van der Waals surface area contributed by atoms with Gasteiger partial charge in [0.05, 0.1) is 5.69 Å². The van der Waals surface area contributed by atoms with E-state index in [0.717, 1.165) is 18.5 Å². The third kappa shape index (κ3) is 1.21. The Balaban J connectivity index is 2.38. The van der Waals surface area contributed by atoms with Crippen LogP contribution in [0.1, 0.15) is 37.8 Å². The first-order chi connectivity index (χ1) is 8.33. The van der Waals surface area contributed by atoms with Crippen molar-refractivity contribution in [3.63, 3.8) is 0 Å². The molecule has 2 heteroatoms.